The van der Waals surface area contributed by atoms with Gasteiger partial charge in [-0.25, -0.2) is 9.59 Å². The molecule has 0 spiro atoms. The highest BCUT2D eigenvalue weighted by Gasteiger charge is 2.09. The van der Waals surface area contributed by atoms with Crippen LogP contribution in [0, 0.1) is 6.92 Å². The molecule has 14 heavy (non-hydrogen) atoms. The number of carboxylic acids is 1. The molecule has 0 aliphatic carbocycles. The number of nitrogens with zero attached hydrogens (tertiary/aromatic N) is 1. The molecular formula is C9H6BrNO3. The molecule has 0 aliphatic rings. The first-order chi connectivity index (χ1) is 6.56. The van der Waals surface area contributed by atoms with Crippen LogP contribution in [0.2, 0.25) is 0 Å². The number of benzene rings is 1. The molecular weight excluding hydrogens is 250 g/mol. The van der Waals surface area contributed by atoms with Crippen molar-refractivity contribution >= 4 is 33.7 Å². The van der Waals surface area contributed by atoms with Gasteiger partial charge in [0.2, 0.25) is 6.08 Å². The summed E-state index contributed by atoms with van der Waals surface area (Å²) < 4.78 is 0.471. The highest BCUT2D eigenvalue weighted by atomic mass is 79.9. The van der Waals surface area contributed by atoms with E-state index >= 15 is 0 Å². The van der Waals surface area contributed by atoms with Crippen molar-refractivity contribution in [2.24, 2.45) is 4.99 Å². The second-order valence-corrected chi connectivity index (χ2v) is 3.49. The van der Waals surface area contributed by atoms with Crippen LogP contribution in [0.1, 0.15) is 15.9 Å². The Morgan fingerprint density at radius 1 is 1.57 bits per heavy atom. The fraction of sp³-hybridized carbons (Fsp3) is 0.111. The van der Waals surface area contributed by atoms with Crippen molar-refractivity contribution in [3.63, 3.8) is 0 Å². The molecule has 0 amide bonds. The van der Waals surface area contributed by atoms with Gasteiger partial charge in [-0.05, 0) is 40.5 Å². The number of rotatable bonds is 2. The molecule has 0 unspecified atom stereocenters. The van der Waals surface area contributed by atoms with Crippen molar-refractivity contribution in [3.8, 4) is 0 Å². The maximum absolute atomic E-state index is 10.6. The first kappa shape index (κ1) is 10.6. The Labute approximate surface area is 88.4 Å². The summed E-state index contributed by atoms with van der Waals surface area (Å²) in [5, 5.41) is 8.73. The van der Waals surface area contributed by atoms with Gasteiger partial charge in [0.15, 0.2) is 0 Å². The first-order valence-corrected chi connectivity index (χ1v) is 4.47. The van der Waals surface area contributed by atoms with Crippen molar-refractivity contribution in [1.29, 1.82) is 0 Å². The molecule has 5 heteroatoms. The Hall–Kier alpha value is -1.45. The average molecular weight is 256 g/mol. The van der Waals surface area contributed by atoms with Crippen LogP contribution in [0.15, 0.2) is 21.6 Å². The van der Waals surface area contributed by atoms with E-state index in [2.05, 4.69) is 20.9 Å². The van der Waals surface area contributed by atoms with E-state index in [0.29, 0.717) is 15.7 Å². The number of aryl methyl sites for hydroxylation is 1. The standard InChI is InChI=1S/C9H6BrNO3/c1-5-2-6(9(13)14)3-7(10)8(5)11-4-12/h2-3H,1H3,(H,13,14). The minimum Gasteiger partial charge on any atom is -0.478 e. The van der Waals surface area contributed by atoms with Gasteiger partial charge in [-0.1, -0.05) is 0 Å². The van der Waals surface area contributed by atoms with Gasteiger partial charge in [0.1, 0.15) is 0 Å². The molecule has 72 valence electrons. The van der Waals surface area contributed by atoms with Crippen LogP contribution >= 0.6 is 15.9 Å². The summed E-state index contributed by atoms with van der Waals surface area (Å²) in [6.07, 6.45) is 1.41. The summed E-state index contributed by atoms with van der Waals surface area (Å²) in [5.74, 6) is -1.02. The fourth-order valence-electron chi connectivity index (χ4n) is 1.05. The van der Waals surface area contributed by atoms with Crippen molar-refractivity contribution < 1.29 is 14.7 Å². The lowest BCUT2D eigenvalue weighted by atomic mass is 10.1. The van der Waals surface area contributed by atoms with Crippen LogP contribution in [0.25, 0.3) is 0 Å². The predicted octanol–water partition coefficient (Wildman–Crippen LogP) is 2.42. The number of halogens is 1. The number of carbonyl (C=O) groups is 1. The Balaban J connectivity index is 3.39. The molecule has 1 aromatic rings. The third-order valence-corrected chi connectivity index (χ3v) is 2.26. The Bertz CT molecular complexity index is 413. The Morgan fingerprint density at radius 3 is 2.64 bits per heavy atom. The summed E-state index contributed by atoms with van der Waals surface area (Å²) in [6, 6.07) is 2.84. The highest BCUT2D eigenvalue weighted by molar-refractivity contribution is 9.10. The number of aromatic carboxylic acids is 1. The molecule has 0 fully saturated rings. The van der Waals surface area contributed by atoms with E-state index < -0.39 is 5.97 Å². The fourth-order valence-corrected chi connectivity index (χ4v) is 1.70. The minimum absolute atomic E-state index is 0.152. The summed E-state index contributed by atoms with van der Waals surface area (Å²) >= 11 is 3.13. The van der Waals surface area contributed by atoms with Gasteiger partial charge in [0, 0.05) is 4.47 Å². The van der Waals surface area contributed by atoms with Crippen LogP contribution < -0.4 is 0 Å². The number of hydrogen-bond acceptors (Lipinski definition) is 3. The van der Waals surface area contributed by atoms with E-state index in [9.17, 15) is 9.59 Å². The molecule has 0 atom stereocenters. The third-order valence-electron chi connectivity index (χ3n) is 1.66. The topological polar surface area (TPSA) is 66.7 Å². The van der Waals surface area contributed by atoms with Crippen LogP contribution in [0.4, 0.5) is 5.69 Å². The second-order valence-electron chi connectivity index (χ2n) is 2.63. The number of isocyanates is 1. The van der Waals surface area contributed by atoms with Gasteiger partial charge in [-0.15, -0.1) is 0 Å². The van der Waals surface area contributed by atoms with Crippen LogP contribution in [0.5, 0.6) is 0 Å². The Kier molecular flexibility index (Phi) is 3.17. The molecule has 1 N–H and O–H groups in total. The average Bonchev–Trinajstić information content (AvgIpc) is 2.10. The van der Waals surface area contributed by atoms with Gasteiger partial charge in [-0.2, -0.15) is 4.99 Å². The minimum atomic E-state index is -1.02. The normalized spacial score (nSPS) is 9.29. The van der Waals surface area contributed by atoms with Gasteiger partial charge >= 0.3 is 5.97 Å². The largest absolute Gasteiger partial charge is 0.478 e. The molecule has 0 saturated carbocycles. The molecule has 0 heterocycles. The third kappa shape index (κ3) is 2.07. The van der Waals surface area contributed by atoms with Crippen molar-refractivity contribution in [2.75, 3.05) is 0 Å². The molecule has 0 saturated heterocycles. The number of carboxylic acid groups (broad SMARTS) is 1. The number of hydrogen-bond donors (Lipinski definition) is 1. The lowest BCUT2D eigenvalue weighted by molar-refractivity contribution is 0.0696. The molecule has 0 radical (unpaired) electrons. The van der Waals surface area contributed by atoms with Gasteiger partial charge in [0.25, 0.3) is 0 Å². The molecule has 0 bridgehead atoms. The van der Waals surface area contributed by atoms with Gasteiger partial charge < -0.3 is 5.11 Å². The van der Waals surface area contributed by atoms with Crippen molar-refractivity contribution in [1.82, 2.24) is 0 Å². The zero-order valence-corrected chi connectivity index (χ0v) is 8.83. The number of aliphatic imine (C=N–C) groups is 1. The van der Waals surface area contributed by atoms with Gasteiger partial charge in [0.05, 0.1) is 11.3 Å². The van der Waals surface area contributed by atoms with E-state index in [1.807, 2.05) is 0 Å². The lowest BCUT2D eigenvalue weighted by Gasteiger charge is -2.03. The van der Waals surface area contributed by atoms with E-state index in [1.54, 1.807) is 6.92 Å². The van der Waals surface area contributed by atoms with Crippen molar-refractivity contribution in [3.05, 3.63) is 27.7 Å². The quantitative estimate of drug-likeness (QED) is 0.652. The molecule has 1 aromatic carbocycles. The molecule has 4 nitrogen and oxygen atoms in total. The van der Waals surface area contributed by atoms with Crippen molar-refractivity contribution in [2.45, 2.75) is 6.92 Å². The van der Waals surface area contributed by atoms with E-state index in [0.717, 1.165) is 0 Å². The Morgan fingerprint density at radius 2 is 2.21 bits per heavy atom. The van der Waals surface area contributed by atoms with E-state index in [-0.39, 0.29) is 5.56 Å². The zero-order chi connectivity index (χ0) is 10.7. The SMILES string of the molecule is Cc1cc(C(=O)O)cc(Br)c1N=C=O. The highest BCUT2D eigenvalue weighted by Crippen LogP contribution is 2.30. The summed E-state index contributed by atoms with van der Waals surface area (Å²) in [7, 11) is 0. The van der Waals surface area contributed by atoms with Crippen LogP contribution in [-0.4, -0.2) is 17.2 Å². The smallest absolute Gasteiger partial charge is 0.335 e. The summed E-state index contributed by atoms with van der Waals surface area (Å²) in [6.45, 7) is 1.67. The van der Waals surface area contributed by atoms with Crippen LogP contribution in [-0.2, 0) is 4.79 Å². The van der Waals surface area contributed by atoms with Crippen LogP contribution in [0.3, 0.4) is 0 Å². The molecule has 0 aromatic heterocycles. The second kappa shape index (κ2) is 4.17. The monoisotopic (exact) mass is 255 g/mol. The predicted molar refractivity (Wildman–Crippen MR) is 53.6 cm³/mol. The van der Waals surface area contributed by atoms with E-state index in [1.165, 1.54) is 18.2 Å². The van der Waals surface area contributed by atoms with E-state index in [4.69, 9.17) is 5.11 Å². The lowest BCUT2D eigenvalue weighted by Crippen LogP contribution is -1.96. The maximum Gasteiger partial charge on any atom is 0.335 e. The maximum atomic E-state index is 10.6. The first-order valence-electron chi connectivity index (χ1n) is 3.67. The van der Waals surface area contributed by atoms with Gasteiger partial charge in [-0.3, -0.25) is 0 Å². The summed E-state index contributed by atoms with van der Waals surface area (Å²) in [5.41, 5.74) is 1.17. The zero-order valence-electron chi connectivity index (χ0n) is 7.24. The summed E-state index contributed by atoms with van der Waals surface area (Å²) in [4.78, 5) is 24.2. The number of carbonyl (C=O) groups excluding carboxylic acids is 1. The molecule has 1 rings (SSSR count). The molecule has 0 aliphatic heterocycles.